The van der Waals surface area contributed by atoms with Gasteiger partial charge in [-0.1, -0.05) is 0 Å². The molecule has 0 aromatic carbocycles. The molecule has 2 aliphatic heterocycles. The van der Waals surface area contributed by atoms with Crippen LogP contribution >= 0.6 is 0 Å². The van der Waals surface area contributed by atoms with Crippen molar-refractivity contribution < 1.29 is 23.5 Å². The summed E-state index contributed by atoms with van der Waals surface area (Å²) in [5, 5.41) is 8.78. The van der Waals surface area contributed by atoms with Gasteiger partial charge < -0.3 is 10.0 Å². The van der Waals surface area contributed by atoms with Crippen LogP contribution in [0.4, 0.5) is 8.78 Å². The number of carboxylic acid groups (broad SMARTS) is 1. The Hall–Kier alpha value is -1.24. The zero-order valence-corrected chi connectivity index (χ0v) is 10.6. The van der Waals surface area contributed by atoms with Crippen LogP contribution < -0.4 is 0 Å². The highest BCUT2D eigenvalue weighted by Gasteiger charge is 2.43. The second kappa shape index (κ2) is 5.40. The van der Waals surface area contributed by atoms with Gasteiger partial charge in [0.05, 0.1) is 12.6 Å². The first kappa shape index (κ1) is 14.2. The molecule has 2 rings (SSSR count). The van der Waals surface area contributed by atoms with E-state index in [1.54, 1.807) is 0 Å². The summed E-state index contributed by atoms with van der Waals surface area (Å²) in [6, 6.07) is -0.588. The highest BCUT2D eigenvalue weighted by molar-refractivity contribution is 5.85. The van der Waals surface area contributed by atoms with Gasteiger partial charge in [-0.15, -0.1) is 0 Å². The maximum atomic E-state index is 13.2. The second-order valence-electron chi connectivity index (χ2n) is 5.24. The van der Waals surface area contributed by atoms with E-state index in [1.165, 1.54) is 9.80 Å². The van der Waals surface area contributed by atoms with Crippen molar-refractivity contribution in [3.8, 4) is 0 Å². The predicted molar refractivity (Wildman–Crippen MR) is 63.0 cm³/mol. The zero-order chi connectivity index (χ0) is 14.0. The van der Waals surface area contributed by atoms with Crippen LogP contribution in [-0.2, 0) is 9.59 Å². The number of carbonyl (C=O) groups is 2. The Balaban J connectivity index is 2.06. The molecule has 1 N–H and O–H groups in total. The first-order valence-corrected chi connectivity index (χ1v) is 6.51. The van der Waals surface area contributed by atoms with Crippen molar-refractivity contribution in [1.29, 1.82) is 0 Å². The normalized spacial score (nSPS) is 28.4. The molecular weight excluding hydrogens is 258 g/mol. The van der Waals surface area contributed by atoms with E-state index in [4.69, 9.17) is 5.11 Å². The molecule has 0 radical (unpaired) electrons. The van der Waals surface area contributed by atoms with Gasteiger partial charge in [-0.05, 0) is 19.3 Å². The molecule has 0 aromatic heterocycles. The Morgan fingerprint density at radius 3 is 2.68 bits per heavy atom. The number of aliphatic carboxylic acids is 1. The summed E-state index contributed by atoms with van der Waals surface area (Å²) >= 11 is 0. The maximum Gasteiger partial charge on any atom is 0.323 e. The molecule has 2 aliphatic rings. The molecule has 5 nitrogen and oxygen atoms in total. The summed E-state index contributed by atoms with van der Waals surface area (Å²) in [6.07, 6.45) is 1.79. The molecule has 108 valence electrons. The third-order valence-electron chi connectivity index (χ3n) is 3.72. The van der Waals surface area contributed by atoms with E-state index >= 15 is 0 Å². The van der Waals surface area contributed by atoms with Gasteiger partial charge in [0, 0.05) is 19.5 Å². The van der Waals surface area contributed by atoms with Gasteiger partial charge in [0.25, 0.3) is 5.92 Å². The third-order valence-corrected chi connectivity index (χ3v) is 3.72. The zero-order valence-electron chi connectivity index (χ0n) is 10.6. The summed E-state index contributed by atoms with van der Waals surface area (Å²) in [7, 11) is 0. The number of amides is 1. The van der Waals surface area contributed by atoms with Crippen molar-refractivity contribution in [2.24, 2.45) is 0 Å². The number of carboxylic acids is 1. The summed E-state index contributed by atoms with van der Waals surface area (Å²) in [5.41, 5.74) is 0. The quantitative estimate of drug-likeness (QED) is 0.828. The Morgan fingerprint density at radius 1 is 1.37 bits per heavy atom. The Morgan fingerprint density at radius 2 is 2.11 bits per heavy atom. The van der Waals surface area contributed by atoms with Crippen LogP contribution in [0.15, 0.2) is 0 Å². The molecule has 2 fully saturated rings. The van der Waals surface area contributed by atoms with E-state index in [1.807, 2.05) is 0 Å². The number of nitrogens with zero attached hydrogens (tertiary/aromatic N) is 2. The van der Waals surface area contributed by atoms with Crippen LogP contribution in [0.2, 0.25) is 0 Å². The van der Waals surface area contributed by atoms with Crippen LogP contribution in [0.1, 0.15) is 25.7 Å². The van der Waals surface area contributed by atoms with Crippen LogP contribution in [0.25, 0.3) is 0 Å². The van der Waals surface area contributed by atoms with E-state index in [0.29, 0.717) is 13.0 Å². The van der Waals surface area contributed by atoms with Crippen molar-refractivity contribution in [1.82, 2.24) is 9.80 Å². The second-order valence-corrected chi connectivity index (χ2v) is 5.24. The molecular formula is C12H18F2N2O3. The largest absolute Gasteiger partial charge is 0.480 e. The van der Waals surface area contributed by atoms with Gasteiger partial charge >= 0.3 is 5.97 Å². The molecule has 0 bridgehead atoms. The lowest BCUT2D eigenvalue weighted by Gasteiger charge is -2.29. The number of carbonyl (C=O) groups excluding carboxylic acids is 1. The maximum absolute atomic E-state index is 13.2. The summed E-state index contributed by atoms with van der Waals surface area (Å²) < 4.78 is 26.4. The van der Waals surface area contributed by atoms with Crippen LogP contribution in [-0.4, -0.2) is 64.9 Å². The van der Waals surface area contributed by atoms with Crippen LogP contribution in [0.5, 0.6) is 0 Å². The number of hydrogen-bond donors (Lipinski definition) is 1. The lowest BCUT2D eigenvalue weighted by atomic mass is 10.1. The average molecular weight is 276 g/mol. The molecule has 2 heterocycles. The minimum atomic E-state index is -2.73. The monoisotopic (exact) mass is 276 g/mol. The summed E-state index contributed by atoms with van der Waals surface area (Å²) in [4.78, 5) is 25.8. The smallest absolute Gasteiger partial charge is 0.323 e. The van der Waals surface area contributed by atoms with Crippen molar-refractivity contribution in [2.45, 2.75) is 37.6 Å². The molecule has 2 saturated heterocycles. The molecule has 0 saturated carbocycles. The highest BCUT2D eigenvalue weighted by atomic mass is 19.3. The fourth-order valence-corrected chi connectivity index (χ4v) is 2.77. The molecule has 1 atom stereocenters. The lowest BCUT2D eigenvalue weighted by molar-refractivity contribution is -0.146. The summed E-state index contributed by atoms with van der Waals surface area (Å²) in [5.74, 6) is -4.12. The summed E-state index contributed by atoms with van der Waals surface area (Å²) in [6.45, 7) is -0.153. The Bertz CT molecular complexity index is 376. The Labute approximate surface area is 110 Å². The van der Waals surface area contributed by atoms with Gasteiger partial charge in [0.1, 0.15) is 6.54 Å². The SMILES string of the molecule is O=C(O)CN1CCCCC(N2CCC(F)(F)C2)C1=O. The van der Waals surface area contributed by atoms with Crippen molar-refractivity contribution >= 4 is 11.9 Å². The molecule has 0 aromatic rings. The first-order valence-electron chi connectivity index (χ1n) is 6.51. The Kier molecular flexibility index (Phi) is 4.03. The molecule has 0 spiro atoms. The van der Waals surface area contributed by atoms with Gasteiger partial charge in [-0.25, -0.2) is 8.78 Å². The van der Waals surface area contributed by atoms with Gasteiger partial charge in [0.15, 0.2) is 0 Å². The fourth-order valence-electron chi connectivity index (χ4n) is 2.77. The predicted octanol–water partition coefficient (Wildman–Crippen LogP) is 0.793. The topological polar surface area (TPSA) is 60.9 Å². The number of halogens is 2. The van der Waals surface area contributed by atoms with Gasteiger partial charge in [-0.3, -0.25) is 14.5 Å². The average Bonchev–Trinajstić information content (AvgIpc) is 2.56. The standard InChI is InChI=1S/C12H18F2N2O3/c13-12(14)4-6-16(8-12)9-3-1-2-5-15(11(9)19)7-10(17)18/h9H,1-8H2,(H,17,18). The van der Waals surface area contributed by atoms with E-state index in [9.17, 15) is 18.4 Å². The van der Waals surface area contributed by atoms with E-state index in [-0.39, 0.29) is 25.4 Å². The molecule has 19 heavy (non-hydrogen) atoms. The minimum absolute atomic E-state index is 0.199. The van der Waals surface area contributed by atoms with Gasteiger partial charge in [0.2, 0.25) is 5.91 Å². The number of hydrogen-bond acceptors (Lipinski definition) is 3. The van der Waals surface area contributed by atoms with Crippen molar-refractivity contribution in [3.63, 3.8) is 0 Å². The highest BCUT2D eigenvalue weighted by Crippen LogP contribution is 2.30. The molecule has 7 heteroatoms. The number of alkyl halides is 2. The van der Waals surface area contributed by atoms with E-state index in [0.717, 1.165) is 12.8 Å². The molecule has 1 unspecified atom stereocenters. The van der Waals surface area contributed by atoms with Crippen LogP contribution in [0.3, 0.4) is 0 Å². The van der Waals surface area contributed by atoms with Crippen molar-refractivity contribution in [2.75, 3.05) is 26.2 Å². The third kappa shape index (κ3) is 3.40. The van der Waals surface area contributed by atoms with Crippen LogP contribution in [0, 0.1) is 0 Å². The minimum Gasteiger partial charge on any atom is -0.480 e. The van der Waals surface area contributed by atoms with E-state index in [2.05, 4.69) is 0 Å². The number of likely N-dealkylation sites (tertiary alicyclic amines) is 2. The van der Waals surface area contributed by atoms with Crippen molar-refractivity contribution in [3.05, 3.63) is 0 Å². The van der Waals surface area contributed by atoms with Gasteiger partial charge in [-0.2, -0.15) is 0 Å². The number of rotatable bonds is 3. The first-order chi connectivity index (χ1) is 8.89. The molecule has 1 amide bonds. The molecule has 0 aliphatic carbocycles. The lowest BCUT2D eigenvalue weighted by Crippen LogP contribution is -2.48. The van der Waals surface area contributed by atoms with E-state index < -0.39 is 24.5 Å². The fraction of sp³-hybridized carbons (Fsp3) is 0.833.